The second kappa shape index (κ2) is 7.87. The van der Waals surface area contributed by atoms with Gasteiger partial charge in [0.2, 0.25) is 0 Å². The van der Waals surface area contributed by atoms with E-state index in [9.17, 15) is 9.18 Å². The molecule has 30 heavy (non-hydrogen) atoms. The van der Waals surface area contributed by atoms with E-state index < -0.39 is 5.82 Å². The van der Waals surface area contributed by atoms with E-state index in [0.717, 1.165) is 11.4 Å². The number of nitrogens with zero attached hydrogens (tertiary/aromatic N) is 3. The summed E-state index contributed by atoms with van der Waals surface area (Å²) in [6.07, 6.45) is 0. The molecule has 2 aromatic carbocycles. The van der Waals surface area contributed by atoms with Crippen molar-refractivity contribution in [3.63, 3.8) is 0 Å². The quantitative estimate of drug-likeness (QED) is 0.512. The molecule has 2 heterocycles. The number of rotatable bonds is 4. The zero-order valence-electron chi connectivity index (χ0n) is 16.7. The van der Waals surface area contributed by atoms with Crippen molar-refractivity contribution < 1.29 is 13.9 Å². The monoisotopic (exact) mass is 402 g/mol. The average molecular weight is 402 g/mol. The van der Waals surface area contributed by atoms with Crippen LogP contribution in [0.3, 0.4) is 0 Å². The summed E-state index contributed by atoms with van der Waals surface area (Å²) < 4.78 is 19.5. The zero-order chi connectivity index (χ0) is 21.3. The van der Waals surface area contributed by atoms with Crippen LogP contribution in [-0.4, -0.2) is 20.9 Å². The highest BCUT2D eigenvalue weighted by Gasteiger charge is 2.14. The molecule has 4 rings (SSSR count). The molecule has 0 saturated heterocycles. The molecule has 0 spiro atoms. The maximum Gasteiger partial charge on any atom is 0.322 e. The summed E-state index contributed by atoms with van der Waals surface area (Å²) in [5.74, 6) is -0.304. The number of aromatic nitrogens is 3. The third-order valence-corrected chi connectivity index (χ3v) is 4.41. The van der Waals surface area contributed by atoms with E-state index in [1.807, 2.05) is 19.9 Å². The van der Waals surface area contributed by atoms with Gasteiger partial charge in [0, 0.05) is 34.2 Å². The molecule has 0 aliphatic carbocycles. The van der Waals surface area contributed by atoms with Gasteiger partial charge < -0.3 is 10.1 Å². The lowest BCUT2D eigenvalue weighted by Gasteiger charge is -2.11. The Hall–Kier alpha value is -3.87. The average Bonchev–Trinajstić information content (AvgIpc) is 2.67. The maximum absolute atomic E-state index is 13.7. The van der Waals surface area contributed by atoms with E-state index in [4.69, 9.17) is 4.74 Å². The largest absolute Gasteiger partial charge is 0.424 e. The summed E-state index contributed by atoms with van der Waals surface area (Å²) >= 11 is 0. The van der Waals surface area contributed by atoms with Crippen molar-refractivity contribution in [1.29, 1.82) is 0 Å². The summed E-state index contributed by atoms with van der Waals surface area (Å²) in [6.45, 7) is 5.52. The van der Waals surface area contributed by atoms with Gasteiger partial charge in [-0.05, 0) is 63.2 Å². The van der Waals surface area contributed by atoms with Crippen molar-refractivity contribution in [3.05, 3.63) is 83.1 Å². The third kappa shape index (κ3) is 4.25. The second-order valence-corrected chi connectivity index (χ2v) is 6.99. The maximum atomic E-state index is 13.7. The fourth-order valence-corrected chi connectivity index (χ4v) is 3.20. The third-order valence-electron chi connectivity index (χ3n) is 4.41. The number of nitrogens with one attached hydrogen (secondary N) is 1. The topological polar surface area (TPSA) is 77.0 Å². The van der Waals surface area contributed by atoms with Crippen molar-refractivity contribution in [2.45, 2.75) is 20.8 Å². The molecule has 0 aliphatic heterocycles. The molecular weight excluding hydrogens is 383 g/mol. The second-order valence-electron chi connectivity index (χ2n) is 6.99. The molecular formula is C23H19FN4O2. The van der Waals surface area contributed by atoms with Gasteiger partial charge in [0.1, 0.15) is 11.6 Å². The Morgan fingerprint density at radius 2 is 1.63 bits per heavy atom. The molecule has 1 N–H and O–H groups in total. The highest BCUT2D eigenvalue weighted by molar-refractivity contribution is 6.12. The highest BCUT2D eigenvalue weighted by atomic mass is 19.1. The van der Waals surface area contributed by atoms with Crippen LogP contribution < -0.4 is 10.1 Å². The lowest BCUT2D eigenvalue weighted by atomic mass is 10.1. The molecule has 0 aliphatic rings. The van der Waals surface area contributed by atoms with Crippen LogP contribution in [0.15, 0.2) is 54.6 Å². The van der Waals surface area contributed by atoms with Crippen LogP contribution in [0.4, 0.5) is 10.1 Å². The molecule has 0 fully saturated rings. The first-order valence-corrected chi connectivity index (χ1v) is 9.36. The smallest absolute Gasteiger partial charge is 0.322 e. The van der Waals surface area contributed by atoms with Gasteiger partial charge in [-0.25, -0.2) is 14.4 Å². The van der Waals surface area contributed by atoms with Crippen LogP contribution in [0.5, 0.6) is 11.8 Å². The van der Waals surface area contributed by atoms with Crippen LogP contribution in [0.1, 0.15) is 27.4 Å². The minimum Gasteiger partial charge on any atom is -0.424 e. The van der Waals surface area contributed by atoms with Gasteiger partial charge in [0.05, 0.1) is 11.1 Å². The minimum absolute atomic E-state index is 0.238. The first kappa shape index (κ1) is 19.4. The molecule has 0 unspecified atom stereocenters. The number of anilines is 1. The fourth-order valence-electron chi connectivity index (χ4n) is 3.20. The first-order chi connectivity index (χ1) is 14.4. The number of benzene rings is 2. The van der Waals surface area contributed by atoms with E-state index in [2.05, 4.69) is 20.3 Å². The Morgan fingerprint density at radius 1 is 0.900 bits per heavy atom. The van der Waals surface area contributed by atoms with Gasteiger partial charge in [-0.3, -0.25) is 9.78 Å². The summed E-state index contributed by atoms with van der Waals surface area (Å²) in [6, 6.07) is 14.9. The summed E-state index contributed by atoms with van der Waals surface area (Å²) in [5.41, 5.74) is 3.71. The van der Waals surface area contributed by atoms with Crippen LogP contribution >= 0.6 is 0 Å². The van der Waals surface area contributed by atoms with E-state index in [0.29, 0.717) is 33.6 Å². The molecule has 7 heteroatoms. The Labute approximate surface area is 172 Å². The number of carbonyl (C=O) groups excluding carboxylic acids is 1. The zero-order valence-corrected chi connectivity index (χ0v) is 16.7. The predicted octanol–water partition coefficient (Wildman–Crippen LogP) is 5.13. The van der Waals surface area contributed by atoms with Gasteiger partial charge in [0.25, 0.3) is 5.91 Å². The van der Waals surface area contributed by atoms with Gasteiger partial charge in [-0.2, -0.15) is 0 Å². The molecule has 6 nitrogen and oxygen atoms in total. The molecule has 0 bridgehead atoms. The van der Waals surface area contributed by atoms with Gasteiger partial charge in [-0.15, -0.1) is 0 Å². The lowest BCUT2D eigenvalue weighted by molar-refractivity contribution is 0.102. The number of ether oxygens (including phenoxy) is 1. The highest BCUT2D eigenvalue weighted by Crippen LogP contribution is 2.24. The molecule has 1 amide bonds. The van der Waals surface area contributed by atoms with E-state index in [1.54, 1.807) is 43.3 Å². The fraction of sp³-hybridized carbons (Fsp3) is 0.130. The van der Waals surface area contributed by atoms with Crippen molar-refractivity contribution in [2.75, 3.05) is 5.32 Å². The molecule has 150 valence electrons. The Bertz CT molecular complexity index is 1250. The number of amides is 1. The SMILES string of the molecule is Cc1cc(C)nc(Oc2cccc(NC(=O)c3cc(C)nc4ccc(F)cc34)c2)n1. The predicted molar refractivity (Wildman–Crippen MR) is 112 cm³/mol. The molecule has 0 radical (unpaired) electrons. The van der Waals surface area contributed by atoms with Crippen LogP contribution in [0.25, 0.3) is 10.9 Å². The molecule has 0 saturated carbocycles. The van der Waals surface area contributed by atoms with Crippen LogP contribution in [0.2, 0.25) is 0 Å². The molecule has 2 aromatic heterocycles. The number of pyridine rings is 1. The standard InChI is InChI=1S/C23H19FN4O2/c1-13-9-14(2)27-23(26-13)30-18-6-4-5-17(12-18)28-22(29)20-10-15(3)25-21-8-7-16(24)11-19(20)21/h4-12H,1-3H3,(H,28,29). The number of aryl methyl sites for hydroxylation is 3. The van der Waals surface area contributed by atoms with Crippen molar-refractivity contribution in [2.24, 2.45) is 0 Å². The van der Waals surface area contributed by atoms with Crippen LogP contribution in [-0.2, 0) is 0 Å². The van der Waals surface area contributed by atoms with Crippen LogP contribution in [0, 0.1) is 26.6 Å². The van der Waals surface area contributed by atoms with Gasteiger partial charge >= 0.3 is 6.01 Å². The van der Waals surface area contributed by atoms with E-state index >= 15 is 0 Å². The number of carbonyl (C=O) groups is 1. The number of fused-ring (bicyclic) bond motifs is 1. The summed E-state index contributed by atoms with van der Waals surface area (Å²) in [5, 5.41) is 3.29. The summed E-state index contributed by atoms with van der Waals surface area (Å²) in [4.78, 5) is 25.8. The van der Waals surface area contributed by atoms with Gasteiger partial charge in [0.15, 0.2) is 0 Å². The van der Waals surface area contributed by atoms with Crippen molar-refractivity contribution in [1.82, 2.24) is 15.0 Å². The molecule has 4 aromatic rings. The summed E-state index contributed by atoms with van der Waals surface area (Å²) in [7, 11) is 0. The number of halogens is 1. The first-order valence-electron chi connectivity index (χ1n) is 9.36. The van der Waals surface area contributed by atoms with E-state index in [1.165, 1.54) is 12.1 Å². The minimum atomic E-state index is -0.425. The Morgan fingerprint density at radius 3 is 2.40 bits per heavy atom. The van der Waals surface area contributed by atoms with Crippen molar-refractivity contribution in [3.8, 4) is 11.8 Å². The number of hydrogen-bond acceptors (Lipinski definition) is 5. The van der Waals surface area contributed by atoms with Gasteiger partial charge in [-0.1, -0.05) is 6.07 Å². The Balaban J connectivity index is 1.61. The van der Waals surface area contributed by atoms with E-state index in [-0.39, 0.29) is 11.9 Å². The normalized spacial score (nSPS) is 10.8. The Kier molecular flexibility index (Phi) is 5.10. The molecule has 0 atom stereocenters. The lowest BCUT2D eigenvalue weighted by Crippen LogP contribution is -2.13. The number of hydrogen-bond donors (Lipinski definition) is 1. The van der Waals surface area contributed by atoms with Crippen molar-refractivity contribution >= 4 is 22.5 Å².